The molecule has 1 aliphatic heterocycles. The minimum atomic E-state index is -0.221. The largest absolute Gasteiger partial charge is 0.496 e. The summed E-state index contributed by atoms with van der Waals surface area (Å²) in [6, 6.07) is 14.8. The Kier molecular flexibility index (Phi) is 8.31. The van der Waals surface area contributed by atoms with E-state index in [1.807, 2.05) is 18.3 Å². The number of methoxy groups -OCH3 is 1. The number of rotatable bonds is 11. The Bertz CT molecular complexity index is 1540. The number of aryl methyl sites for hydroxylation is 2. The van der Waals surface area contributed by atoms with Crippen LogP contribution in [0.5, 0.6) is 5.75 Å². The zero-order valence-corrected chi connectivity index (χ0v) is 24.0. The van der Waals surface area contributed by atoms with Crippen LogP contribution in [-0.4, -0.2) is 53.1 Å². The number of aromatic nitrogens is 3. The number of fused-ring (bicyclic) bond motifs is 3. The van der Waals surface area contributed by atoms with E-state index in [1.165, 1.54) is 28.2 Å². The third-order valence-corrected chi connectivity index (χ3v) is 7.81. The van der Waals surface area contributed by atoms with Crippen molar-refractivity contribution in [3.63, 3.8) is 0 Å². The predicted molar refractivity (Wildman–Crippen MR) is 162 cm³/mol. The van der Waals surface area contributed by atoms with Gasteiger partial charge in [0.15, 0.2) is 0 Å². The van der Waals surface area contributed by atoms with Gasteiger partial charge in [-0.15, -0.1) is 0 Å². The number of carbonyl (C=O) groups excluding carboxylic acids is 1. The lowest BCUT2D eigenvalue weighted by Crippen LogP contribution is -2.15. The van der Waals surface area contributed by atoms with E-state index < -0.39 is 0 Å². The second-order valence-corrected chi connectivity index (χ2v) is 10.9. The molecule has 0 bridgehead atoms. The van der Waals surface area contributed by atoms with Crippen molar-refractivity contribution in [1.29, 1.82) is 0 Å². The molecular formula is C33H39N5O2. The Morgan fingerprint density at radius 2 is 2.08 bits per heavy atom. The number of ether oxygens (including phenoxy) is 1. The molecule has 7 nitrogen and oxygen atoms in total. The van der Waals surface area contributed by atoms with Gasteiger partial charge in [0.1, 0.15) is 11.6 Å². The van der Waals surface area contributed by atoms with Crippen molar-refractivity contribution < 1.29 is 9.53 Å². The van der Waals surface area contributed by atoms with Gasteiger partial charge < -0.3 is 19.5 Å². The van der Waals surface area contributed by atoms with Gasteiger partial charge in [-0.2, -0.15) is 0 Å². The van der Waals surface area contributed by atoms with Gasteiger partial charge in [0.05, 0.1) is 12.8 Å². The molecule has 208 valence electrons. The lowest BCUT2D eigenvalue weighted by molar-refractivity contribution is -0.111. The van der Waals surface area contributed by atoms with Gasteiger partial charge in [-0.3, -0.25) is 4.79 Å². The zero-order valence-electron chi connectivity index (χ0n) is 24.0. The molecule has 1 atom stereocenters. The van der Waals surface area contributed by atoms with Crippen molar-refractivity contribution in [3.05, 3.63) is 84.0 Å². The average Bonchev–Trinajstić information content (AvgIpc) is 3.54. The average molecular weight is 538 g/mol. The summed E-state index contributed by atoms with van der Waals surface area (Å²) in [4.78, 5) is 24.2. The van der Waals surface area contributed by atoms with E-state index in [2.05, 4.69) is 77.7 Å². The van der Waals surface area contributed by atoms with E-state index >= 15 is 0 Å². The molecular weight excluding hydrogens is 498 g/mol. The Morgan fingerprint density at radius 1 is 1.25 bits per heavy atom. The van der Waals surface area contributed by atoms with Gasteiger partial charge in [0, 0.05) is 47.0 Å². The first-order chi connectivity index (χ1) is 19.4. The fourth-order valence-corrected chi connectivity index (χ4v) is 5.88. The van der Waals surface area contributed by atoms with Gasteiger partial charge in [-0.1, -0.05) is 31.7 Å². The van der Waals surface area contributed by atoms with Crippen LogP contribution >= 0.6 is 0 Å². The lowest BCUT2D eigenvalue weighted by atomic mass is 9.93. The summed E-state index contributed by atoms with van der Waals surface area (Å²) >= 11 is 0. The van der Waals surface area contributed by atoms with E-state index in [0.717, 1.165) is 72.9 Å². The molecule has 1 aliphatic rings. The Hall–Kier alpha value is -3.97. The van der Waals surface area contributed by atoms with E-state index in [-0.39, 0.29) is 11.8 Å². The Morgan fingerprint density at radius 3 is 2.85 bits per heavy atom. The van der Waals surface area contributed by atoms with Crippen molar-refractivity contribution >= 4 is 22.5 Å². The van der Waals surface area contributed by atoms with Gasteiger partial charge >= 0.3 is 0 Å². The summed E-state index contributed by atoms with van der Waals surface area (Å²) in [6.07, 6.45) is 7.86. The number of benzene rings is 2. The smallest absolute Gasteiger partial charge is 0.247 e. The van der Waals surface area contributed by atoms with Gasteiger partial charge in [-0.05, 0) is 93.7 Å². The molecule has 7 heteroatoms. The molecule has 0 fully saturated rings. The van der Waals surface area contributed by atoms with Crippen molar-refractivity contribution in [2.24, 2.45) is 0 Å². The number of hydrogen-bond acceptors (Lipinski definition) is 5. The number of nitrogens with one attached hydrogen (secondary N) is 1. The molecule has 40 heavy (non-hydrogen) atoms. The highest BCUT2D eigenvalue weighted by Gasteiger charge is 2.24. The summed E-state index contributed by atoms with van der Waals surface area (Å²) < 4.78 is 8.30. The van der Waals surface area contributed by atoms with Crippen LogP contribution in [0.1, 0.15) is 48.3 Å². The molecule has 0 saturated heterocycles. The molecule has 1 unspecified atom stereocenters. The fourth-order valence-electron chi connectivity index (χ4n) is 5.88. The maximum Gasteiger partial charge on any atom is 0.247 e. The first-order valence-electron chi connectivity index (χ1n) is 14.1. The molecule has 2 aromatic heterocycles. The molecule has 0 saturated carbocycles. The van der Waals surface area contributed by atoms with Gasteiger partial charge in [0.25, 0.3) is 0 Å². The normalized spacial score (nSPS) is 13.4. The standard InChI is InChI=1S/C33H39N5O2/c1-6-32(39)36-27-21-25(30(40-5)20-23(27)11-9-17-37(3)4)22(2)19-31-34-16-15-26(35-31)33-24-12-7-8-13-28(24)38-18-10-14-29(33)38/h6-8,12-13,15-16,20-22H,1,9-11,14,17-19H2,2-5H3,(H,36,39). The van der Waals surface area contributed by atoms with Crippen molar-refractivity contribution in [2.45, 2.75) is 51.5 Å². The van der Waals surface area contributed by atoms with Crippen LogP contribution in [0.25, 0.3) is 22.2 Å². The van der Waals surface area contributed by atoms with Crippen LogP contribution < -0.4 is 10.1 Å². The lowest BCUT2D eigenvalue weighted by Gasteiger charge is -2.20. The van der Waals surface area contributed by atoms with E-state index in [1.54, 1.807) is 7.11 Å². The third-order valence-electron chi connectivity index (χ3n) is 7.81. The molecule has 4 aromatic rings. The number of nitrogens with zero attached hydrogens (tertiary/aromatic N) is 4. The molecule has 1 N–H and O–H groups in total. The van der Waals surface area contributed by atoms with Gasteiger partial charge in [0.2, 0.25) is 5.91 Å². The minimum Gasteiger partial charge on any atom is -0.496 e. The monoisotopic (exact) mass is 537 g/mol. The van der Waals surface area contributed by atoms with E-state index in [4.69, 9.17) is 9.72 Å². The number of amides is 1. The first-order valence-corrected chi connectivity index (χ1v) is 14.1. The SMILES string of the molecule is C=CC(=O)Nc1cc(C(C)Cc2nccc(-c3c4n(c5ccccc35)CCC4)n2)c(OC)cc1CCCN(C)C. The minimum absolute atomic E-state index is 0.0666. The summed E-state index contributed by atoms with van der Waals surface area (Å²) in [5.41, 5.74) is 7.73. The van der Waals surface area contributed by atoms with Crippen LogP contribution in [0.3, 0.4) is 0 Å². The molecule has 1 amide bonds. The fraction of sp³-hybridized carbons (Fsp3) is 0.364. The summed E-state index contributed by atoms with van der Waals surface area (Å²) in [6.45, 7) is 7.80. The summed E-state index contributed by atoms with van der Waals surface area (Å²) in [7, 11) is 5.83. The second kappa shape index (κ2) is 12.0. The predicted octanol–water partition coefficient (Wildman–Crippen LogP) is 6.02. The topological polar surface area (TPSA) is 72.3 Å². The van der Waals surface area contributed by atoms with Crippen molar-refractivity contribution in [1.82, 2.24) is 19.4 Å². The summed E-state index contributed by atoms with van der Waals surface area (Å²) in [5, 5.41) is 4.27. The quantitative estimate of drug-likeness (QED) is 0.237. The zero-order chi connectivity index (χ0) is 28.2. The Balaban J connectivity index is 1.45. The van der Waals surface area contributed by atoms with Crippen LogP contribution in [0, 0.1) is 0 Å². The van der Waals surface area contributed by atoms with Crippen LogP contribution in [0.15, 0.2) is 61.3 Å². The highest BCUT2D eigenvalue weighted by Crippen LogP contribution is 2.38. The summed E-state index contributed by atoms with van der Waals surface area (Å²) in [5.74, 6) is 1.45. The van der Waals surface area contributed by atoms with Crippen molar-refractivity contribution in [2.75, 3.05) is 33.1 Å². The maximum atomic E-state index is 12.3. The second-order valence-electron chi connectivity index (χ2n) is 10.9. The number of carbonyl (C=O) groups is 1. The third kappa shape index (κ3) is 5.65. The highest BCUT2D eigenvalue weighted by molar-refractivity contribution is 5.99. The molecule has 0 aliphatic carbocycles. The van der Waals surface area contributed by atoms with Crippen LogP contribution in [-0.2, 0) is 30.6 Å². The van der Waals surface area contributed by atoms with E-state index in [0.29, 0.717) is 6.42 Å². The molecule has 0 spiro atoms. The van der Waals surface area contributed by atoms with Crippen molar-refractivity contribution in [3.8, 4) is 17.0 Å². The van der Waals surface area contributed by atoms with E-state index in [9.17, 15) is 4.79 Å². The van der Waals surface area contributed by atoms with Crippen LogP contribution in [0.2, 0.25) is 0 Å². The molecule has 3 heterocycles. The first kappa shape index (κ1) is 27.6. The molecule has 2 aromatic carbocycles. The maximum absolute atomic E-state index is 12.3. The van der Waals surface area contributed by atoms with Gasteiger partial charge in [-0.25, -0.2) is 9.97 Å². The Labute approximate surface area is 236 Å². The number of para-hydroxylation sites is 1. The number of anilines is 1. The molecule has 5 rings (SSSR count). The van der Waals surface area contributed by atoms with Crippen LogP contribution in [0.4, 0.5) is 5.69 Å². The number of hydrogen-bond donors (Lipinski definition) is 1. The molecule has 0 radical (unpaired) electrons. The highest BCUT2D eigenvalue weighted by atomic mass is 16.5.